The van der Waals surface area contributed by atoms with Crippen LogP contribution in [0.1, 0.15) is 24.0 Å². The van der Waals surface area contributed by atoms with Gasteiger partial charge in [0, 0.05) is 18.0 Å². The van der Waals surface area contributed by atoms with Crippen molar-refractivity contribution in [1.82, 2.24) is 4.31 Å². The lowest BCUT2D eigenvalue weighted by Gasteiger charge is -2.11. The summed E-state index contributed by atoms with van der Waals surface area (Å²) in [6, 6.07) is 3.50. The van der Waals surface area contributed by atoms with Crippen LogP contribution in [0, 0.1) is 18.7 Å². The molecule has 0 aromatic heterocycles. The third kappa shape index (κ3) is 1.79. The van der Waals surface area contributed by atoms with Crippen LogP contribution >= 0.6 is 11.9 Å². The Morgan fingerprint density at radius 3 is 3.00 bits per heavy atom. The minimum atomic E-state index is -0.0670. The molecule has 3 rings (SSSR count). The van der Waals surface area contributed by atoms with Crippen LogP contribution in [0.5, 0.6) is 0 Å². The van der Waals surface area contributed by atoms with Gasteiger partial charge in [-0.25, -0.2) is 8.70 Å². The lowest BCUT2D eigenvalue weighted by Crippen LogP contribution is -2.13. The van der Waals surface area contributed by atoms with E-state index in [0.717, 1.165) is 18.0 Å². The minimum Gasteiger partial charge on any atom is -0.242 e. The molecule has 0 saturated heterocycles. The molecule has 1 nitrogen and oxygen atoms in total. The van der Waals surface area contributed by atoms with E-state index in [1.165, 1.54) is 29.8 Å². The maximum Gasteiger partial charge on any atom is 0.126 e. The molecule has 1 aromatic rings. The smallest absolute Gasteiger partial charge is 0.126 e. The van der Waals surface area contributed by atoms with E-state index in [9.17, 15) is 4.39 Å². The highest BCUT2D eigenvalue weighted by atomic mass is 32.2. The highest BCUT2D eigenvalue weighted by Crippen LogP contribution is 2.41. The quantitative estimate of drug-likeness (QED) is 0.707. The molecule has 0 bridgehead atoms. The second-order valence-corrected chi connectivity index (χ2v) is 5.65. The predicted octanol–water partition coefficient (Wildman–Crippen LogP) is 3.37. The summed E-state index contributed by atoms with van der Waals surface area (Å²) in [5.74, 6) is 0.833. The molecule has 1 aliphatic heterocycles. The van der Waals surface area contributed by atoms with Crippen LogP contribution in [0.3, 0.4) is 0 Å². The van der Waals surface area contributed by atoms with Crippen molar-refractivity contribution in [2.24, 2.45) is 5.92 Å². The standard InChI is InChI=1S/C12H14FNS/c1-8-10-7-14(6-9-2-3-9)15-12(10)5-4-11(8)13/h4-5,9H,2-3,6-7H2,1H3. The molecular weight excluding hydrogens is 209 g/mol. The molecule has 0 unspecified atom stereocenters. The van der Waals surface area contributed by atoms with Gasteiger partial charge >= 0.3 is 0 Å². The SMILES string of the molecule is Cc1c(F)ccc2c1CN(CC1CC1)S2. The summed E-state index contributed by atoms with van der Waals surface area (Å²) in [4.78, 5) is 1.24. The lowest BCUT2D eigenvalue weighted by atomic mass is 10.1. The van der Waals surface area contributed by atoms with Crippen molar-refractivity contribution in [1.29, 1.82) is 0 Å². The van der Waals surface area contributed by atoms with Crippen molar-refractivity contribution in [3.63, 3.8) is 0 Å². The molecule has 0 radical (unpaired) electrons. The van der Waals surface area contributed by atoms with Crippen molar-refractivity contribution < 1.29 is 4.39 Å². The van der Waals surface area contributed by atoms with Crippen LogP contribution in [-0.4, -0.2) is 10.8 Å². The molecule has 0 spiro atoms. The topological polar surface area (TPSA) is 3.24 Å². The summed E-state index contributed by atoms with van der Waals surface area (Å²) in [7, 11) is 0. The summed E-state index contributed by atoms with van der Waals surface area (Å²) < 4.78 is 15.7. The van der Waals surface area contributed by atoms with Crippen molar-refractivity contribution in [2.75, 3.05) is 6.54 Å². The molecular formula is C12H14FNS. The first-order chi connectivity index (χ1) is 7.24. The van der Waals surface area contributed by atoms with Gasteiger partial charge in [-0.1, -0.05) is 0 Å². The highest BCUT2D eigenvalue weighted by Gasteiger charge is 2.29. The van der Waals surface area contributed by atoms with Gasteiger partial charge in [0.25, 0.3) is 0 Å². The molecule has 1 aromatic carbocycles. The molecule has 1 heterocycles. The van der Waals surface area contributed by atoms with E-state index >= 15 is 0 Å². The number of rotatable bonds is 2. The van der Waals surface area contributed by atoms with Gasteiger partial charge in [-0.05, 0) is 60.9 Å². The lowest BCUT2D eigenvalue weighted by molar-refractivity contribution is 0.452. The van der Waals surface area contributed by atoms with Crippen molar-refractivity contribution in [2.45, 2.75) is 31.2 Å². The zero-order valence-corrected chi connectivity index (χ0v) is 9.61. The third-order valence-corrected chi connectivity index (χ3v) is 4.33. The summed E-state index contributed by atoms with van der Waals surface area (Å²) >= 11 is 1.79. The maximum atomic E-state index is 13.3. The first kappa shape index (κ1) is 9.67. The van der Waals surface area contributed by atoms with Gasteiger partial charge in [0.15, 0.2) is 0 Å². The van der Waals surface area contributed by atoms with Crippen LogP contribution < -0.4 is 0 Å². The Kier molecular flexibility index (Phi) is 2.25. The number of hydrogen-bond donors (Lipinski definition) is 0. The molecule has 1 saturated carbocycles. The van der Waals surface area contributed by atoms with Crippen LogP contribution in [0.15, 0.2) is 17.0 Å². The van der Waals surface area contributed by atoms with Crippen LogP contribution in [0.2, 0.25) is 0 Å². The Bertz CT molecular complexity index is 401. The Morgan fingerprint density at radius 1 is 1.47 bits per heavy atom. The van der Waals surface area contributed by atoms with Gasteiger partial charge in [-0.15, -0.1) is 0 Å². The average molecular weight is 223 g/mol. The normalized spacial score (nSPS) is 20.7. The van der Waals surface area contributed by atoms with E-state index in [1.807, 2.05) is 13.0 Å². The summed E-state index contributed by atoms with van der Waals surface area (Å²) in [5, 5.41) is 0. The van der Waals surface area contributed by atoms with E-state index in [4.69, 9.17) is 0 Å². The second-order valence-electron chi connectivity index (χ2n) is 4.51. The van der Waals surface area contributed by atoms with Crippen LogP contribution in [0.25, 0.3) is 0 Å². The van der Waals surface area contributed by atoms with E-state index in [0.29, 0.717) is 0 Å². The Hall–Kier alpha value is -0.540. The molecule has 0 N–H and O–H groups in total. The Balaban J connectivity index is 1.82. The zero-order chi connectivity index (χ0) is 10.4. The first-order valence-electron chi connectivity index (χ1n) is 5.45. The van der Waals surface area contributed by atoms with Gasteiger partial charge < -0.3 is 0 Å². The first-order valence-corrected chi connectivity index (χ1v) is 6.22. The molecule has 1 aliphatic carbocycles. The Morgan fingerprint density at radius 2 is 2.27 bits per heavy atom. The molecule has 3 heteroatoms. The number of nitrogens with zero attached hydrogens (tertiary/aromatic N) is 1. The number of hydrogen-bond acceptors (Lipinski definition) is 2. The largest absolute Gasteiger partial charge is 0.242 e. The monoisotopic (exact) mass is 223 g/mol. The van der Waals surface area contributed by atoms with Crippen molar-refractivity contribution in [3.8, 4) is 0 Å². The summed E-state index contributed by atoms with van der Waals surface area (Å²) in [5.41, 5.74) is 2.03. The van der Waals surface area contributed by atoms with Crippen LogP contribution in [0.4, 0.5) is 4.39 Å². The molecule has 2 aliphatic rings. The van der Waals surface area contributed by atoms with E-state index in [-0.39, 0.29) is 5.82 Å². The molecule has 1 fully saturated rings. The molecule has 15 heavy (non-hydrogen) atoms. The fraction of sp³-hybridized carbons (Fsp3) is 0.500. The molecule has 0 atom stereocenters. The van der Waals surface area contributed by atoms with Gasteiger partial charge in [0.1, 0.15) is 5.82 Å². The average Bonchev–Trinajstić information content (AvgIpc) is 2.91. The number of halogens is 1. The fourth-order valence-electron chi connectivity index (χ4n) is 2.02. The van der Waals surface area contributed by atoms with Gasteiger partial charge in [-0.2, -0.15) is 0 Å². The maximum absolute atomic E-state index is 13.3. The number of fused-ring (bicyclic) bond motifs is 1. The minimum absolute atomic E-state index is 0.0670. The zero-order valence-electron chi connectivity index (χ0n) is 8.79. The van der Waals surface area contributed by atoms with E-state index < -0.39 is 0 Å². The van der Waals surface area contributed by atoms with Crippen molar-refractivity contribution in [3.05, 3.63) is 29.1 Å². The van der Waals surface area contributed by atoms with Crippen LogP contribution in [-0.2, 0) is 6.54 Å². The van der Waals surface area contributed by atoms with E-state index in [1.54, 1.807) is 18.0 Å². The fourth-order valence-corrected chi connectivity index (χ4v) is 3.24. The highest BCUT2D eigenvalue weighted by molar-refractivity contribution is 7.97. The Labute approximate surface area is 93.8 Å². The van der Waals surface area contributed by atoms with E-state index in [2.05, 4.69) is 4.31 Å². The predicted molar refractivity (Wildman–Crippen MR) is 60.1 cm³/mol. The van der Waals surface area contributed by atoms with Crippen molar-refractivity contribution >= 4 is 11.9 Å². The number of benzene rings is 1. The summed E-state index contributed by atoms with van der Waals surface area (Å²) in [6.07, 6.45) is 2.75. The second kappa shape index (κ2) is 3.49. The third-order valence-electron chi connectivity index (χ3n) is 3.21. The summed E-state index contributed by atoms with van der Waals surface area (Å²) in [6.45, 7) is 3.97. The van der Waals surface area contributed by atoms with Gasteiger partial charge in [0.05, 0.1) is 0 Å². The van der Waals surface area contributed by atoms with Gasteiger partial charge in [-0.3, -0.25) is 0 Å². The van der Waals surface area contributed by atoms with Gasteiger partial charge in [0.2, 0.25) is 0 Å². The molecule has 80 valence electrons. The molecule has 0 amide bonds.